The molecule has 134 valence electrons. The van der Waals surface area contributed by atoms with Crippen LogP contribution in [0.5, 0.6) is 0 Å². The standard InChI is InChI=1S/C18H12F4N2O2/c19-14-4-6-15(7-5-14)24-9-8-23(16(25)17(24)26)11-12-2-1-3-13(10-12)18(20,21)22/h1-10H,11H2. The van der Waals surface area contributed by atoms with E-state index in [1.165, 1.54) is 36.7 Å². The third-order valence-electron chi connectivity index (χ3n) is 3.77. The average Bonchev–Trinajstić information content (AvgIpc) is 2.60. The molecule has 0 unspecified atom stereocenters. The zero-order valence-corrected chi connectivity index (χ0v) is 13.2. The molecule has 0 aliphatic rings. The van der Waals surface area contributed by atoms with Crippen LogP contribution in [0, 0.1) is 5.82 Å². The lowest BCUT2D eigenvalue weighted by atomic mass is 10.1. The van der Waals surface area contributed by atoms with E-state index in [4.69, 9.17) is 0 Å². The second-order valence-corrected chi connectivity index (χ2v) is 5.58. The summed E-state index contributed by atoms with van der Waals surface area (Å²) >= 11 is 0. The van der Waals surface area contributed by atoms with Crippen molar-refractivity contribution in [2.75, 3.05) is 0 Å². The molecule has 8 heteroatoms. The van der Waals surface area contributed by atoms with Gasteiger partial charge in [-0.3, -0.25) is 14.2 Å². The normalized spacial score (nSPS) is 11.5. The fraction of sp³-hybridized carbons (Fsp3) is 0.111. The molecule has 26 heavy (non-hydrogen) atoms. The molecule has 0 atom stereocenters. The van der Waals surface area contributed by atoms with Crippen LogP contribution in [0.25, 0.3) is 5.69 Å². The van der Waals surface area contributed by atoms with E-state index in [0.29, 0.717) is 5.69 Å². The molecule has 0 radical (unpaired) electrons. The van der Waals surface area contributed by atoms with E-state index in [1.807, 2.05) is 0 Å². The summed E-state index contributed by atoms with van der Waals surface area (Å²) in [7, 11) is 0. The van der Waals surface area contributed by atoms with Crippen molar-refractivity contribution in [1.29, 1.82) is 0 Å². The van der Waals surface area contributed by atoms with Gasteiger partial charge in [-0.2, -0.15) is 13.2 Å². The van der Waals surface area contributed by atoms with Gasteiger partial charge in [0.05, 0.1) is 12.1 Å². The SMILES string of the molecule is O=c1c(=O)n(-c2ccc(F)cc2)ccn1Cc1cccc(C(F)(F)F)c1. The van der Waals surface area contributed by atoms with Gasteiger partial charge >= 0.3 is 17.3 Å². The van der Waals surface area contributed by atoms with Crippen molar-refractivity contribution in [3.8, 4) is 5.69 Å². The van der Waals surface area contributed by atoms with Crippen molar-refractivity contribution in [1.82, 2.24) is 9.13 Å². The minimum atomic E-state index is -4.49. The van der Waals surface area contributed by atoms with Crippen LogP contribution in [0.1, 0.15) is 11.1 Å². The molecule has 0 aliphatic carbocycles. The van der Waals surface area contributed by atoms with Crippen molar-refractivity contribution in [3.05, 3.63) is 98.6 Å². The molecular weight excluding hydrogens is 352 g/mol. The zero-order chi connectivity index (χ0) is 18.9. The first kappa shape index (κ1) is 17.7. The number of aromatic nitrogens is 2. The predicted molar refractivity (Wildman–Crippen MR) is 86.8 cm³/mol. The van der Waals surface area contributed by atoms with E-state index in [2.05, 4.69) is 0 Å². The minimum Gasteiger partial charge on any atom is -0.305 e. The van der Waals surface area contributed by atoms with E-state index in [9.17, 15) is 27.2 Å². The van der Waals surface area contributed by atoms with E-state index >= 15 is 0 Å². The highest BCUT2D eigenvalue weighted by Gasteiger charge is 2.30. The lowest BCUT2D eigenvalue weighted by molar-refractivity contribution is -0.137. The first-order chi connectivity index (χ1) is 12.3. The topological polar surface area (TPSA) is 44.0 Å². The fourth-order valence-corrected chi connectivity index (χ4v) is 2.48. The molecule has 3 aromatic rings. The van der Waals surface area contributed by atoms with E-state index < -0.39 is 28.7 Å². The smallest absolute Gasteiger partial charge is 0.305 e. The van der Waals surface area contributed by atoms with Crippen molar-refractivity contribution < 1.29 is 17.6 Å². The van der Waals surface area contributed by atoms with Gasteiger partial charge in [-0.25, -0.2) is 4.39 Å². The van der Waals surface area contributed by atoms with Crippen LogP contribution in [-0.4, -0.2) is 9.13 Å². The van der Waals surface area contributed by atoms with Crippen LogP contribution >= 0.6 is 0 Å². The average molecular weight is 364 g/mol. The highest BCUT2D eigenvalue weighted by molar-refractivity contribution is 5.32. The van der Waals surface area contributed by atoms with Crippen molar-refractivity contribution in [2.45, 2.75) is 12.7 Å². The molecule has 0 spiro atoms. The van der Waals surface area contributed by atoms with Gasteiger partial charge in [0.2, 0.25) is 0 Å². The van der Waals surface area contributed by atoms with Gasteiger partial charge in [-0.15, -0.1) is 0 Å². The number of halogens is 4. The zero-order valence-electron chi connectivity index (χ0n) is 13.2. The summed E-state index contributed by atoms with van der Waals surface area (Å²) in [6, 6.07) is 9.51. The van der Waals surface area contributed by atoms with Gasteiger partial charge in [0.15, 0.2) is 0 Å². The maximum atomic E-state index is 13.0. The summed E-state index contributed by atoms with van der Waals surface area (Å²) in [5, 5.41) is 0. The molecule has 1 heterocycles. The summed E-state index contributed by atoms with van der Waals surface area (Å²) in [6.45, 7) is -0.178. The van der Waals surface area contributed by atoms with Crippen LogP contribution in [0.4, 0.5) is 17.6 Å². The maximum Gasteiger partial charge on any atom is 0.416 e. The molecule has 0 N–H and O–H groups in total. The van der Waals surface area contributed by atoms with Crippen LogP contribution in [0.3, 0.4) is 0 Å². The van der Waals surface area contributed by atoms with E-state index in [1.54, 1.807) is 0 Å². The third kappa shape index (κ3) is 3.58. The summed E-state index contributed by atoms with van der Waals surface area (Å²) in [6.07, 6.45) is -1.88. The largest absolute Gasteiger partial charge is 0.416 e. The number of hydrogen-bond acceptors (Lipinski definition) is 2. The second-order valence-electron chi connectivity index (χ2n) is 5.58. The van der Waals surface area contributed by atoms with Crippen molar-refractivity contribution >= 4 is 0 Å². The van der Waals surface area contributed by atoms with Gasteiger partial charge < -0.3 is 4.57 Å². The molecule has 3 rings (SSSR count). The molecule has 0 amide bonds. The summed E-state index contributed by atoms with van der Waals surface area (Å²) in [5.74, 6) is -0.486. The van der Waals surface area contributed by atoms with Crippen LogP contribution in [0.15, 0.2) is 70.5 Å². The second kappa shape index (κ2) is 6.62. The molecule has 0 fully saturated rings. The Hall–Kier alpha value is -3.16. The van der Waals surface area contributed by atoms with Gasteiger partial charge in [0, 0.05) is 18.1 Å². The Kier molecular flexibility index (Phi) is 4.50. The first-order valence-corrected chi connectivity index (χ1v) is 7.50. The highest BCUT2D eigenvalue weighted by Crippen LogP contribution is 2.29. The number of rotatable bonds is 3. The molecule has 0 bridgehead atoms. The Morgan fingerprint density at radius 1 is 0.885 bits per heavy atom. The third-order valence-corrected chi connectivity index (χ3v) is 3.77. The van der Waals surface area contributed by atoms with Crippen molar-refractivity contribution in [2.24, 2.45) is 0 Å². The van der Waals surface area contributed by atoms with E-state index in [0.717, 1.165) is 33.4 Å². The maximum absolute atomic E-state index is 13.0. The number of hydrogen-bond donors (Lipinski definition) is 0. The van der Waals surface area contributed by atoms with Crippen LogP contribution < -0.4 is 11.1 Å². The molecule has 0 aliphatic heterocycles. The molecule has 2 aromatic carbocycles. The Morgan fingerprint density at radius 2 is 1.58 bits per heavy atom. The number of benzene rings is 2. The molecule has 4 nitrogen and oxygen atoms in total. The van der Waals surface area contributed by atoms with Gasteiger partial charge in [0.25, 0.3) is 0 Å². The molecule has 0 saturated carbocycles. The summed E-state index contributed by atoms with van der Waals surface area (Å²) < 4.78 is 53.4. The monoisotopic (exact) mass is 364 g/mol. The predicted octanol–water partition coefficient (Wildman–Crippen LogP) is 3.21. The lowest BCUT2D eigenvalue weighted by Crippen LogP contribution is -2.40. The van der Waals surface area contributed by atoms with Gasteiger partial charge in [-0.05, 0) is 42.0 Å². The van der Waals surface area contributed by atoms with Crippen molar-refractivity contribution in [3.63, 3.8) is 0 Å². The van der Waals surface area contributed by atoms with Crippen LogP contribution in [0.2, 0.25) is 0 Å². The number of alkyl halides is 3. The molecule has 0 saturated heterocycles. The minimum absolute atomic E-state index is 0.178. The molecule has 1 aromatic heterocycles. The Morgan fingerprint density at radius 3 is 2.23 bits per heavy atom. The summed E-state index contributed by atoms with van der Waals surface area (Å²) in [4.78, 5) is 24.5. The Bertz CT molecular complexity index is 1050. The Balaban J connectivity index is 1.96. The quantitative estimate of drug-likeness (QED) is 0.529. The van der Waals surface area contributed by atoms with E-state index in [-0.39, 0.29) is 12.1 Å². The number of nitrogens with zero attached hydrogens (tertiary/aromatic N) is 2. The molecular formula is C18H12F4N2O2. The van der Waals surface area contributed by atoms with Crippen LogP contribution in [-0.2, 0) is 12.7 Å². The van der Waals surface area contributed by atoms with Gasteiger partial charge in [0.1, 0.15) is 5.82 Å². The highest BCUT2D eigenvalue weighted by atomic mass is 19.4. The lowest BCUT2D eigenvalue weighted by Gasteiger charge is -2.11. The fourth-order valence-electron chi connectivity index (χ4n) is 2.48. The Labute approximate surface area is 144 Å². The first-order valence-electron chi connectivity index (χ1n) is 7.50. The summed E-state index contributed by atoms with van der Waals surface area (Å²) in [5.41, 5.74) is -2.07. The van der Waals surface area contributed by atoms with Gasteiger partial charge in [-0.1, -0.05) is 12.1 Å².